The molecule has 1 amide bonds. The summed E-state index contributed by atoms with van der Waals surface area (Å²) in [7, 11) is 0. The molecule has 0 radical (unpaired) electrons. The van der Waals surface area contributed by atoms with E-state index in [0.29, 0.717) is 17.7 Å². The van der Waals surface area contributed by atoms with E-state index >= 15 is 0 Å². The molecule has 128 valence electrons. The largest absolute Gasteiger partial charge is 0.337 e. The van der Waals surface area contributed by atoms with E-state index in [9.17, 15) is 4.79 Å². The lowest BCUT2D eigenvalue weighted by Gasteiger charge is -2.32. The van der Waals surface area contributed by atoms with E-state index < -0.39 is 0 Å². The van der Waals surface area contributed by atoms with Gasteiger partial charge < -0.3 is 10.2 Å². The summed E-state index contributed by atoms with van der Waals surface area (Å²) in [5.41, 5.74) is 1.49. The van der Waals surface area contributed by atoms with E-state index in [1.54, 1.807) is 0 Å². The molecule has 1 aromatic heterocycles. The Morgan fingerprint density at radius 2 is 2.09 bits per heavy atom. The van der Waals surface area contributed by atoms with Crippen molar-refractivity contribution in [3.05, 3.63) is 11.4 Å². The van der Waals surface area contributed by atoms with Gasteiger partial charge in [-0.2, -0.15) is 0 Å². The molecule has 0 bridgehead atoms. The molecule has 2 saturated heterocycles. The molecule has 0 aliphatic carbocycles. The van der Waals surface area contributed by atoms with E-state index in [0.717, 1.165) is 51.1 Å². The first-order valence-corrected chi connectivity index (χ1v) is 9.12. The summed E-state index contributed by atoms with van der Waals surface area (Å²) in [6.45, 7) is 7.97. The van der Waals surface area contributed by atoms with Gasteiger partial charge in [0.2, 0.25) is 0 Å². The lowest BCUT2D eigenvalue weighted by Crippen LogP contribution is -2.40. The van der Waals surface area contributed by atoms with Crippen LogP contribution in [0.2, 0.25) is 0 Å². The number of amides is 1. The molecule has 0 saturated carbocycles. The predicted molar refractivity (Wildman–Crippen MR) is 89.4 cm³/mol. The van der Waals surface area contributed by atoms with Gasteiger partial charge in [-0.05, 0) is 58.0 Å². The van der Waals surface area contributed by atoms with Crippen LogP contribution < -0.4 is 5.32 Å². The zero-order valence-corrected chi connectivity index (χ0v) is 14.4. The highest BCUT2D eigenvalue weighted by Crippen LogP contribution is 2.24. The molecule has 1 unspecified atom stereocenters. The van der Waals surface area contributed by atoms with E-state index in [1.807, 2.05) is 16.5 Å². The van der Waals surface area contributed by atoms with Crippen LogP contribution in [0.3, 0.4) is 0 Å². The fourth-order valence-electron chi connectivity index (χ4n) is 3.98. The first-order chi connectivity index (χ1) is 11.2. The third kappa shape index (κ3) is 3.57. The van der Waals surface area contributed by atoms with Crippen molar-refractivity contribution in [1.29, 1.82) is 0 Å². The summed E-state index contributed by atoms with van der Waals surface area (Å²) in [4.78, 5) is 14.9. The zero-order valence-electron chi connectivity index (χ0n) is 14.4. The number of hydrogen-bond donors (Lipinski definition) is 1. The van der Waals surface area contributed by atoms with Crippen molar-refractivity contribution in [2.45, 2.75) is 58.4 Å². The van der Waals surface area contributed by atoms with E-state index in [1.165, 1.54) is 19.3 Å². The fraction of sp³-hybridized carbons (Fsp3) is 0.824. The zero-order chi connectivity index (χ0) is 16.2. The van der Waals surface area contributed by atoms with Crippen molar-refractivity contribution in [1.82, 2.24) is 25.2 Å². The predicted octanol–water partition coefficient (Wildman–Crippen LogP) is 2.16. The number of hydrogen-bond acceptors (Lipinski definition) is 4. The Hall–Kier alpha value is -1.43. The maximum atomic E-state index is 12.9. The van der Waals surface area contributed by atoms with Crippen LogP contribution >= 0.6 is 0 Å². The van der Waals surface area contributed by atoms with Crippen molar-refractivity contribution in [2.24, 2.45) is 5.92 Å². The van der Waals surface area contributed by atoms with Gasteiger partial charge in [-0.15, -0.1) is 5.10 Å². The standard InChI is InChI=1S/C17H29N5O/c1-3-5-14-6-4-11-21(12-14)17(23)16-13(2)22(20-19-16)15-7-9-18-10-8-15/h14-15,18H,3-12H2,1-2H3. The number of rotatable bonds is 4. The van der Waals surface area contributed by atoms with Gasteiger partial charge in [-0.1, -0.05) is 18.6 Å². The van der Waals surface area contributed by atoms with Crippen LogP contribution in [-0.4, -0.2) is 52.0 Å². The molecule has 3 rings (SSSR count). The summed E-state index contributed by atoms with van der Waals surface area (Å²) in [5.74, 6) is 0.723. The van der Waals surface area contributed by atoms with Crippen LogP contribution in [0.25, 0.3) is 0 Å². The van der Waals surface area contributed by atoms with Crippen molar-refractivity contribution in [2.75, 3.05) is 26.2 Å². The highest BCUT2D eigenvalue weighted by molar-refractivity contribution is 5.93. The summed E-state index contributed by atoms with van der Waals surface area (Å²) in [6.07, 6.45) is 6.87. The Morgan fingerprint density at radius 3 is 2.83 bits per heavy atom. The van der Waals surface area contributed by atoms with Crippen molar-refractivity contribution < 1.29 is 4.79 Å². The van der Waals surface area contributed by atoms with Gasteiger partial charge in [-0.25, -0.2) is 4.68 Å². The van der Waals surface area contributed by atoms with E-state index in [4.69, 9.17) is 0 Å². The Bertz CT molecular complexity index is 533. The second-order valence-electron chi connectivity index (χ2n) is 7.00. The molecule has 3 heterocycles. The smallest absolute Gasteiger partial charge is 0.276 e. The lowest BCUT2D eigenvalue weighted by atomic mass is 9.93. The molecular formula is C17H29N5O. The topological polar surface area (TPSA) is 63.1 Å². The highest BCUT2D eigenvalue weighted by Gasteiger charge is 2.29. The third-order valence-electron chi connectivity index (χ3n) is 5.29. The van der Waals surface area contributed by atoms with E-state index in [-0.39, 0.29) is 5.91 Å². The average molecular weight is 319 g/mol. The van der Waals surface area contributed by atoms with E-state index in [2.05, 4.69) is 22.6 Å². The van der Waals surface area contributed by atoms with Gasteiger partial charge in [-0.3, -0.25) is 4.79 Å². The van der Waals surface area contributed by atoms with Crippen molar-refractivity contribution in [3.63, 3.8) is 0 Å². The summed E-state index contributed by atoms with van der Waals surface area (Å²) in [5, 5.41) is 11.9. The van der Waals surface area contributed by atoms with Gasteiger partial charge in [0.15, 0.2) is 5.69 Å². The highest BCUT2D eigenvalue weighted by atomic mass is 16.2. The Morgan fingerprint density at radius 1 is 1.30 bits per heavy atom. The number of aromatic nitrogens is 3. The average Bonchev–Trinajstić information content (AvgIpc) is 2.97. The molecule has 6 heteroatoms. The van der Waals surface area contributed by atoms with Crippen molar-refractivity contribution in [3.8, 4) is 0 Å². The number of nitrogens with zero attached hydrogens (tertiary/aromatic N) is 4. The monoisotopic (exact) mass is 319 g/mol. The first kappa shape index (κ1) is 16.4. The van der Waals surface area contributed by atoms with Crippen LogP contribution in [0.5, 0.6) is 0 Å². The number of likely N-dealkylation sites (tertiary alicyclic amines) is 1. The summed E-state index contributed by atoms with van der Waals surface area (Å²) >= 11 is 0. The molecule has 1 N–H and O–H groups in total. The molecule has 2 fully saturated rings. The first-order valence-electron chi connectivity index (χ1n) is 9.12. The maximum absolute atomic E-state index is 12.9. The fourth-order valence-corrected chi connectivity index (χ4v) is 3.98. The Kier molecular flexibility index (Phi) is 5.30. The molecule has 1 aromatic rings. The summed E-state index contributed by atoms with van der Waals surface area (Å²) in [6, 6.07) is 0.375. The van der Waals surface area contributed by atoms with Gasteiger partial charge in [0.05, 0.1) is 11.7 Å². The van der Waals surface area contributed by atoms with Gasteiger partial charge >= 0.3 is 0 Å². The number of nitrogens with one attached hydrogen (secondary N) is 1. The molecule has 23 heavy (non-hydrogen) atoms. The molecule has 2 aliphatic heterocycles. The van der Waals surface area contributed by atoms with Gasteiger partial charge in [0.25, 0.3) is 5.91 Å². The molecule has 0 aromatic carbocycles. The Labute approximate surface area is 138 Å². The maximum Gasteiger partial charge on any atom is 0.276 e. The minimum absolute atomic E-state index is 0.0727. The Balaban J connectivity index is 1.71. The minimum atomic E-state index is 0.0727. The quantitative estimate of drug-likeness (QED) is 0.924. The van der Waals surface area contributed by atoms with Crippen LogP contribution in [-0.2, 0) is 0 Å². The van der Waals surface area contributed by atoms with Crippen molar-refractivity contribution >= 4 is 5.91 Å². The van der Waals surface area contributed by atoms with Crippen LogP contribution in [0.4, 0.5) is 0 Å². The molecule has 0 spiro atoms. The second kappa shape index (κ2) is 7.43. The molecule has 1 atom stereocenters. The van der Waals surface area contributed by atoms with Crippen LogP contribution in [0.1, 0.15) is 67.7 Å². The van der Waals surface area contributed by atoms with Gasteiger partial charge in [0.1, 0.15) is 0 Å². The number of piperidine rings is 2. The number of carbonyl (C=O) groups excluding carboxylic acids is 1. The molecule has 2 aliphatic rings. The minimum Gasteiger partial charge on any atom is -0.337 e. The van der Waals surface area contributed by atoms with Gasteiger partial charge in [0, 0.05) is 13.1 Å². The normalized spacial score (nSPS) is 23.2. The molecular weight excluding hydrogens is 290 g/mol. The van der Waals surface area contributed by atoms with Crippen LogP contribution in [0, 0.1) is 12.8 Å². The third-order valence-corrected chi connectivity index (χ3v) is 5.29. The SMILES string of the molecule is CCCC1CCCN(C(=O)c2nnn(C3CCNCC3)c2C)C1. The number of carbonyl (C=O) groups is 1. The molecule has 6 nitrogen and oxygen atoms in total. The van der Waals surface area contributed by atoms with Crippen LogP contribution in [0.15, 0.2) is 0 Å². The summed E-state index contributed by atoms with van der Waals surface area (Å²) < 4.78 is 1.97. The lowest BCUT2D eigenvalue weighted by molar-refractivity contribution is 0.0660. The second-order valence-corrected chi connectivity index (χ2v) is 7.00.